The van der Waals surface area contributed by atoms with Gasteiger partial charge < -0.3 is 15.0 Å². The smallest absolute Gasteiger partial charge is 0.410 e. The fourth-order valence-corrected chi connectivity index (χ4v) is 4.21. The number of aromatic amines is 1. The molecule has 0 saturated carbocycles. The van der Waals surface area contributed by atoms with E-state index in [9.17, 15) is 9.59 Å². The first-order chi connectivity index (χ1) is 12.2. The minimum atomic E-state index is -0.193. The number of nitrogens with zero attached hydrogens (tertiary/aromatic N) is 2. The number of aromatic nitrogens is 2. The Labute approximate surface area is 145 Å². The van der Waals surface area contributed by atoms with Crippen molar-refractivity contribution in [2.75, 3.05) is 11.9 Å². The van der Waals surface area contributed by atoms with Crippen molar-refractivity contribution in [1.82, 2.24) is 15.1 Å². The van der Waals surface area contributed by atoms with Gasteiger partial charge in [-0.05, 0) is 38.7 Å². The molecule has 0 aliphatic carbocycles. The summed E-state index contributed by atoms with van der Waals surface area (Å²) in [5.74, 6) is 0.698. The van der Waals surface area contributed by atoms with Crippen LogP contribution >= 0.6 is 0 Å². The summed E-state index contributed by atoms with van der Waals surface area (Å²) in [6.07, 6.45) is 3.57. The monoisotopic (exact) mass is 342 g/mol. The Hall–Kier alpha value is -2.57. The van der Waals surface area contributed by atoms with Gasteiger partial charge in [0.25, 0.3) is 5.56 Å². The highest BCUT2D eigenvalue weighted by Crippen LogP contribution is 2.37. The van der Waals surface area contributed by atoms with Gasteiger partial charge in [-0.3, -0.25) is 4.79 Å². The van der Waals surface area contributed by atoms with Crippen LogP contribution in [-0.4, -0.2) is 45.9 Å². The van der Waals surface area contributed by atoms with Crippen molar-refractivity contribution >= 4 is 22.7 Å². The zero-order valence-electron chi connectivity index (χ0n) is 14.2. The Balaban J connectivity index is 1.54. The average molecular weight is 342 g/mol. The zero-order chi connectivity index (χ0) is 17.4. The molecule has 2 aromatic rings. The summed E-state index contributed by atoms with van der Waals surface area (Å²) >= 11 is 0. The van der Waals surface area contributed by atoms with Crippen molar-refractivity contribution in [2.24, 2.45) is 0 Å². The lowest BCUT2D eigenvalue weighted by Gasteiger charge is -2.38. The largest absolute Gasteiger partial charge is 0.450 e. The van der Waals surface area contributed by atoms with E-state index in [1.54, 1.807) is 6.07 Å². The lowest BCUT2D eigenvalue weighted by atomic mass is 9.97. The molecule has 4 rings (SSSR count). The topological polar surface area (TPSA) is 87.3 Å². The molecule has 25 heavy (non-hydrogen) atoms. The number of piperidine rings is 1. The molecule has 2 saturated heterocycles. The van der Waals surface area contributed by atoms with Crippen LogP contribution in [0.5, 0.6) is 0 Å². The molecule has 2 aliphatic heterocycles. The minimum Gasteiger partial charge on any atom is -0.450 e. The number of carbonyl (C=O) groups is 1. The number of amides is 1. The van der Waals surface area contributed by atoms with Crippen molar-refractivity contribution < 1.29 is 9.53 Å². The lowest BCUT2D eigenvalue weighted by Crippen LogP contribution is -2.50. The number of carbonyl (C=O) groups excluding carboxylic acids is 1. The van der Waals surface area contributed by atoms with Gasteiger partial charge in [0, 0.05) is 23.5 Å². The molecular weight excluding hydrogens is 320 g/mol. The predicted octanol–water partition coefficient (Wildman–Crippen LogP) is 2.49. The molecule has 7 heteroatoms. The van der Waals surface area contributed by atoms with E-state index in [1.165, 1.54) is 0 Å². The molecular formula is C18H22N4O3. The van der Waals surface area contributed by atoms with Crippen molar-refractivity contribution in [3.63, 3.8) is 0 Å². The number of hydrogen-bond acceptors (Lipinski definition) is 5. The maximum Gasteiger partial charge on any atom is 0.410 e. The quantitative estimate of drug-likeness (QED) is 0.895. The molecule has 7 nitrogen and oxygen atoms in total. The predicted molar refractivity (Wildman–Crippen MR) is 94.7 cm³/mol. The van der Waals surface area contributed by atoms with Crippen molar-refractivity contribution in [2.45, 2.75) is 50.7 Å². The minimum absolute atomic E-state index is 0.182. The summed E-state index contributed by atoms with van der Waals surface area (Å²) < 4.78 is 5.20. The van der Waals surface area contributed by atoms with E-state index < -0.39 is 0 Å². The number of nitrogens with one attached hydrogen (secondary N) is 2. The fraction of sp³-hybridized carbons (Fsp3) is 0.500. The Kier molecular flexibility index (Phi) is 4.07. The number of fused-ring (bicyclic) bond motifs is 3. The van der Waals surface area contributed by atoms with Crippen molar-refractivity contribution in [3.05, 3.63) is 34.6 Å². The van der Waals surface area contributed by atoms with Gasteiger partial charge >= 0.3 is 6.09 Å². The third-order valence-electron chi connectivity index (χ3n) is 5.25. The van der Waals surface area contributed by atoms with Crippen LogP contribution in [0.3, 0.4) is 0 Å². The molecule has 3 heterocycles. The van der Waals surface area contributed by atoms with Gasteiger partial charge in [0.05, 0.1) is 12.0 Å². The summed E-state index contributed by atoms with van der Waals surface area (Å²) in [6, 6.07) is 8.11. The van der Waals surface area contributed by atoms with Gasteiger partial charge in [0.2, 0.25) is 0 Å². The Morgan fingerprint density at radius 2 is 1.96 bits per heavy atom. The van der Waals surface area contributed by atoms with Crippen LogP contribution in [0, 0.1) is 0 Å². The molecule has 1 amide bonds. The van der Waals surface area contributed by atoms with Gasteiger partial charge in [0.15, 0.2) is 5.82 Å². The van der Waals surface area contributed by atoms with Crippen LogP contribution in [0.25, 0.3) is 10.8 Å². The molecule has 2 fully saturated rings. The fourth-order valence-electron chi connectivity index (χ4n) is 4.21. The molecule has 0 radical (unpaired) electrons. The first-order valence-electron chi connectivity index (χ1n) is 8.86. The first-order valence-corrected chi connectivity index (χ1v) is 8.86. The van der Waals surface area contributed by atoms with E-state index >= 15 is 0 Å². The summed E-state index contributed by atoms with van der Waals surface area (Å²) in [6.45, 7) is 2.24. The van der Waals surface area contributed by atoms with E-state index in [2.05, 4.69) is 15.5 Å². The third kappa shape index (κ3) is 2.83. The second kappa shape index (κ2) is 6.38. The first kappa shape index (κ1) is 15.9. The Morgan fingerprint density at radius 1 is 1.28 bits per heavy atom. The number of rotatable bonds is 3. The SMILES string of the molecule is CCOC(=O)N1[C@@H]2CC[C@H]1C[C@H](Nc1n[nH]c(=O)c3ccccc13)C2. The second-order valence-corrected chi connectivity index (χ2v) is 6.75. The van der Waals surface area contributed by atoms with E-state index in [0.717, 1.165) is 31.1 Å². The molecule has 0 unspecified atom stereocenters. The molecule has 2 bridgehead atoms. The van der Waals surface area contributed by atoms with Crippen LogP contribution in [0.2, 0.25) is 0 Å². The maximum absolute atomic E-state index is 12.2. The highest BCUT2D eigenvalue weighted by atomic mass is 16.6. The van der Waals surface area contributed by atoms with Gasteiger partial charge in [-0.2, -0.15) is 5.10 Å². The van der Waals surface area contributed by atoms with Crippen LogP contribution in [0.1, 0.15) is 32.6 Å². The maximum atomic E-state index is 12.2. The lowest BCUT2D eigenvalue weighted by molar-refractivity contribution is 0.0711. The van der Waals surface area contributed by atoms with E-state index in [4.69, 9.17) is 4.74 Å². The van der Waals surface area contributed by atoms with Gasteiger partial charge in [-0.1, -0.05) is 18.2 Å². The highest BCUT2D eigenvalue weighted by Gasteiger charge is 2.44. The average Bonchev–Trinajstić information content (AvgIpc) is 2.89. The number of H-pyrrole nitrogens is 1. The van der Waals surface area contributed by atoms with E-state index in [1.807, 2.05) is 30.0 Å². The molecule has 132 valence electrons. The van der Waals surface area contributed by atoms with Crippen molar-refractivity contribution in [1.29, 1.82) is 0 Å². The third-order valence-corrected chi connectivity index (χ3v) is 5.25. The van der Waals surface area contributed by atoms with Crippen LogP contribution in [-0.2, 0) is 4.74 Å². The number of hydrogen-bond donors (Lipinski definition) is 2. The molecule has 1 aromatic heterocycles. The highest BCUT2D eigenvalue weighted by molar-refractivity contribution is 5.90. The molecule has 3 atom stereocenters. The number of ether oxygens (including phenoxy) is 1. The van der Waals surface area contributed by atoms with Crippen LogP contribution in [0.15, 0.2) is 29.1 Å². The summed E-state index contributed by atoms with van der Waals surface area (Å²) in [4.78, 5) is 26.0. The van der Waals surface area contributed by atoms with Gasteiger partial charge in [-0.15, -0.1) is 0 Å². The summed E-state index contributed by atoms with van der Waals surface area (Å²) in [5, 5.41) is 11.7. The zero-order valence-corrected chi connectivity index (χ0v) is 14.2. The van der Waals surface area contributed by atoms with E-state index in [0.29, 0.717) is 17.8 Å². The van der Waals surface area contributed by atoms with Gasteiger partial charge in [-0.25, -0.2) is 9.89 Å². The standard InChI is InChI=1S/C18H22N4O3/c1-2-25-18(24)22-12-7-8-13(22)10-11(9-12)19-16-14-5-3-4-6-15(14)17(23)21-20-16/h3-6,11-13H,2,7-10H2,1H3,(H,19,20)(H,21,23)/t11-,12-,13+. The Bertz CT molecular complexity index is 836. The van der Waals surface area contributed by atoms with Crippen LogP contribution in [0.4, 0.5) is 10.6 Å². The molecule has 0 spiro atoms. The van der Waals surface area contributed by atoms with E-state index in [-0.39, 0.29) is 29.8 Å². The number of benzene rings is 1. The molecule has 2 aliphatic rings. The second-order valence-electron chi connectivity index (χ2n) is 6.75. The molecule has 2 N–H and O–H groups in total. The summed E-state index contributed by atoms with van der Waals surface area (Å²) in [5.41, 5.74) is -0.182. The Morgan fingerprint density at radius 3 is 2.64 bits per heavy atom. The normalized spacial score (nSPS) is 25.2. The summed E-state index contributed by atoms with van der Waals surface area (Å²) in [7, 11) is 0. The number of anilines is 1. The van der Waals surface area contributed by atoms with Gasteiger partial charge in [0.1, 0.15) is 0 Å². The van der Waals surface area contributed by atoms with Crippen LogP contribution < -0.4 is 10.9 Å². The van der Waals surface area contributed by atoms with Crippen molar-refractivity contribution in [3.8, 4) is 0 Å². The molecule has 1 aromatic carbocycles.